The van der Waals surface area contributed by atoms with Gasteiger partial charge in [-0.3, -0.25) is 4.57 Å². The second-order valence-corrected chi connectivity index (χ2v) is 9.98. The summed E-state index contributed by atoms with van der Waals surface area (Å²) in [6.07, 6.45) is 1.42. The summed E-state index contributed by atoms with van der Waals surface area (Å²) in [5.74, 6) is 0.951. The predicted octanol–water partition coefficient (Wildman–Crippen LogP) is 2.52. The van der Waals surface area contributed by atoms with Crippen LogP contribution >= 0.6 is 23.4 Å². The lowest BCUT2D eigenvalue weighted by molar-refractivity contribution is -0.0289. The Morgan fingerprint density at radius 3 is 2.79 bits per heavy atom. The average molecular weight is 492 g/mol. The quantitative estimate of drug-likeness (QED) is 0.385. The number of aromatic nitrogens is 4. The largest absolute Gasteiger partial charge is 0.391 e. The minimum absolute atomic E-state index is 0.0851. The first-order valence-corrected chi connectivity index (χ1v) is 12.3. The molecule has 0 amide bonds. The van der Waals surface area contributed by atoms with Gasteiger partial charge in [-0.2, -0.15) is 0 Å². The molecule has 0 spiro atoms. The lowest BCUT2D eigenvalue weighted by Gasteiger charge is -2.18. The number of hydrogen-bond donors (Lipinski definition) is 4. The van der Waals surface area contributed by atoms with Gasteiger partial charge < -0.3 is 25.4 Å². The van der Waals surface area contributed by atoms with Crippen molar-refractivity contribution in [3.8, 4) is 0 Å². The molecule has 33 heavy (non-hydrogen) atoms. The Bertz CT molecular complexity index is 1130. The zero-order valence-corrected chi connectivity index (χ0v) is 19.6. The number of benzene rings is 1. The van der Waals surface area contributed by atoms with Gasteiger partial charge in [-0.15, -0.1) is 11.8 Å². The lowest BCUT2D eigenvalue weighted by atomic mass is 10.1. The van der Waals surface area contributed by atoms with Crippen LogP contribution in [0.2, 0.25) is 5.02 Å². The number of nitrogens with one attached hydrogen (secondary N) is 1. The Morgan fingerprint density at radius 2 is 2.03 bits per heavy atom. The van der Waals surface area contributed by atoms with Gasteiger partial charge in [-0.1, -0.05) is 23.7 Å². The third-order valence-electron chi connectivity index (χ3n) is 6.33. The summed E-state index contributed by atoms with van der Waals surface area (Å²) >= 11 is 7.81. The number of aliphatic hydroxyl groups is 3. The van der Waals surface area contributed by atoms with Gasteiger partial charge >= 0.3 is 0 Å². The maximum absolute atomic E-state index is 10.7. The molecule has 2 fully saturated rings. The molecule has 1 saturated carbocycles. The minimum Gasteiger partial charge on any atom is -0.391 e. The van der Waals surface area contributed by atoms with Crippen LogP contribution in [-0.4, -0.2) is 71.0 Å². The summed E-state index contributed by atoms with van der Waals surface area (Å²) in [5.41, 5.74) is 2.04. The summed E-state index contributed by atoms with van der Waals surface area (Å²) in [4.78, 5) is 14.0. The number of ether oxygens (including phenoxy) is 1. The number of halogens is 1. The van der Waals surface area contributed by atoms with E-state index in [0.717, 1.165) is 29.7 Å². The number of aliphatic hydroxyl groups excluding tert-OH is 3. The fourth-order valence-electron chi connectivity index (χ4n) is 4.49. The monoisotopic (exact) mass is 491 g/mol. The van der Waals surface area contributed by atoms with E-state index in [0.29, 0.717) is 27.8 Å². The highest BCUT2D eigenvalue weighted by molar-refractivity contribution is 7.99. The Kier molecular flexibility index (Phi) is 6.47. The molecule has 0 unspecified atom stereocenters. The summed E-state index contributed by atoms with van der Waals surface area (Å²) in [6.45, 7) is 1.98. The molecule has 0 radical (unpaired) electrons. The first-order chi connectivity index (χ1) is 15.9. The van der Waals surface area contributed by atoms with E-state index < -0.39 is 30.6 Å². The number of rotatable bonds is 6. The molecule has 11 heteroatoms. The van der Waals surface area contributed by atoms with E-state index in [1.54, 1.807) is 4.57 Å². The Morgan fingerprint density at radius 1 is 1.18 bits per heavy atom. The van der Waals surface area contributed by atoms with E-state index >= 15 is 0 Å². The van der Waals surface area contributed by atoms with Crippen molar-refractivity contribution in [2.75, 3.05) is 11.1 Å². The van der Waals surface area contributed by atoms with Gasteiger partial charge in [0.05, 0.1) is 29.6 Å². The van der Waals surface area contributed by atoms with Gasteiger partial charge in [0.1, 0.15) is 18.5 Å². The fraction of sp³-hybridized carbons (Fsp3) is 0.500. The van der Waals surface area contributed by atoms with Crippen molar-refractivity contribution in [2.24, 2.45) is 0 Å². The third-order valence-corrected chi connectivity index (χ3v) is 8.08. The van der Waals surface area contributed by atoms with Crippen molar-refractivity contribution in [3.63, 3.8) is 0 Å². The van der Waals surface area contributed by atoms with Crippen LogP contribution in [-0.2, 0) is 4.74 Å². The maximum atomic E-state index is 10.7. The van der Waals surface area contributed by atoms with Crippen LogP contribution in [0.1, 0.15) is 31.1 Å². The number of imidazole rings is 1. The Balaban J connectivity index is 1.35. The maximum Gasteiger partial charge on any atom is 0.167 e. The van der Waals surface area contributed by atoms with Crippen LogP contribution in [0.5, 0.6) is 0 Å². The molecule has 0 bridgehead atoms. The van der Waals surface area contributed by atoms with E-state index in [4.69, 9.17) is 16.3 Å². The van der Waals surface area contributed by atoms with Crippen molar-refractivity contribution in [3.05, 3.63) is 41.4 Å². The van der Waals surface area contributed by atoms with Gasteiger partial charge in [0.15, 0.2) is 23.2 Å². The molecule has 1 saturated heterocycles. The minimum atomic E-state index is -1.15. The normalized spacial score (nSPS) is 29.7. The number of hydrogen-bond acceptors (Lipinski definition) is 9. The molecule has 4 N–H and O–H groups in total. The van der Waals surface area contributed by atoms with Crippen molar-refractivity contribution < 1.29 is 20.1 Å². The zero-order chi connectivity index (χ0) is 23.1. The van der Waals surface area contributed by atoms with E-state index in [-0.39, 0.29) is 6.04 Å². The molecule has 1 aromatic carbocycles. The standard InChI is InChI=1S/C22H26ClN5O4S/c1-11-4-2-5-12(23)19(11)33-8-15-17(30)18(31)22(32-15)28-10-26-16-20(24-9-25-21(16)28)27-13-6-3-7-14(13)29/h2,4-5,9-10,13-15,17-18,22,29-31H,3,6-8H2,1H3,(H,24,25,27)/t13-,14-,15-,17-,18-,22-/m1/s1. The number of nitrogens with zero attached hydrogens (tertiary/aromatic N) is 4. The molecular weight excluding hydrogens is 466 g/mol. The smallest absolute Gasteiger partial charge is 0.167 e. The number of thioether (sulfide) groups is 1. The van der Waals surface area contributed by atoms with Crippen LogP contribution in [0.25, 0.3) is 11.2 Å². The second-order valence-electron chi connectivity index (χ2n) is 8.54. The number of anilines is 1. The molecule has 3 heterocycles. The summed E-state index contributed by atoms with van der Waals surface area (Å²) < 4.78 is 7.69. The van der Waals surface area contributed by atoms with Crippen LogP contribution in [0.15, 0.2) is 35.7 Å². The topological polar surface area (TPSA) is 126 Å². The van der Waals surface area contributed by atoms with Crippen LogP contribution in [0.3, 0.4) is 0 Å². The van der Waals surface area contributed by atoms with Crippen molar-refractivity contribution in [2.45, 2.75) is 67.8 Å². The first kappa shape index (κ1) is 22.8. The van der Waals surface area contributed by atoms with E-state index in [1.807, 2.05) is 25.1 Å². The highest BCUT2D eigenvalue weighted by Gasteiger charge is 2.44. The predicted molar refractivity (Wildman–Crippen MR) is 125 cm³/mol. The van der Waals surface area contributed by atoms with E-state index in [9.17, 15) is 15.3 Å². The molecule has 2 aliphatic rings. The zero-order valence-electron chi connectivity index (χ0n) is 18.0. The number of aryl methyl sites for hydroxylation is 1. The molecule has 1 aliphatic carbocycles. The highest BCUT2D eigenvalue weighted by Crippen LogP contribution is 2.37. The molecule has 6 atom stereocenters. The lowest BCUT2D eigenvalue weighted by Crippen LogP contribution is -2.32. The summed E-state index contributed by atoms with van der Waals surface area (Å²) in [7, 11) is 0. The Labute approximate surface area is 200 Å². The van der Waals surface area contributed by atoms with Gasteiger partial charge in [-0.25, -0.2) is 15.0 Å². The van der Waals surface area contributed by atoms with Gasteiger partial charge in [0, 0.05) is 10.6 Å². The van der Waals surface area contributed by atoms with Gasteiger partial charge in [0.2, 0.25) is 0 Å². The first-order valence-electron chi connectivity index (χ1n) is 11.0. The van der Waals surface area contributed by atoms with Crippen LogP contribution in [0, 0.1) is 6.92 Å². The molecule has 2 aromatic heterocycles. The third kappa shape index (κ3) is 4.31. The molecule has 1 aliphatic heterocycles. The van der Waals surface area contributed by atoms with Crippen LogP contribution < -0.4 is 5.32 Å². The van der Waals surface area contributed by atoms with Crippen molar-refractivity contribution >= 4 is 40.3 Å². The van der Waals surface area contributed by atoms with Crippen LogP contribution in [0.4, 0.5) is 5.82 Å². The van der Waals surface area contributed by atoms with Crippen molar-refractivity contribution in [1.29, 1.82) is 0 Å². The second kappa shape index (κ2) is 9.36. The molecule has 9 nitrogen and oxygen atoms in total. The molecule has 176 valence electrons. The summed E-state index contributed by atoms with van der Waals surface area (Å²) in [6, 6.07) is 5.61. The van der Waals surface area contributed by atoms with E-state index in [1.165, 1.54) is 24.4 Å². The highest BCUT2D eigenvalue weighted by atomic mass is 35.5. The number of fused-ring (bicyclic) bond motifs is 1. The molecule has 5 rings (SSSR count). The van der Waals surface area contributed by atoms with E-state index in [2.05, 4.69) is 20.3 Å². The summed E-state index contributed by atoms with van der Waals surface area (Å²) in [5, 5.41) is 35.5. The van der Waals surface area contributed by atoms with Crippen molar-refractivity contribution in [1.82, 2.24) is 19.5 Å². The fourth-order valence-corrected chi connectivity index (χ4v) is 5.98. The average Bonchev–Trinajstić information content (AvgIpc) is 3.48. The Hall–Kier alpha value is -1.95. The SMILES string of the molecule is Cc1cccc(Cl)c1SC[C@H]1O[C@@H](n2cnc3c(N[C@@H]4CCC[C@H]4O)ncnc32)[C@H](O)[C@@H]1O. The molecule has 3 aromatic rings. The molecular formula is C22H26ClN5O4S. The van der Waals surface area contributed by atoms with Gasteiger partial charge in [0.25, 0.3) is 0 Å². The van der Waals surface area contributed by atoms with Gasteiger partial charge in [-0.05, 0) is 37.8 Å².